The first kappa shape index (κ1) is 19.3. The standard InChI is InChI=1S/C14H13Cl2N3O5S/c15-10-2-1-3-11(16)7(10)4-19-5-8(13(17)20)12(25(22,23)24)9(6-19)14(18)21/h1-3,5-6,12H,4H2,(H2,17,20)(H2,18,21)(H,22,23,24). The molecule has 0 fully saturated rings. The minimum absolute atomic E-state index is 0.00423. The summed E-state index contributed by atoms with van der Waals surface area (Å²) in [4.78, 5) is 24.6. The maximum Gasteiger partial charge on any atom is 0.276 e. The van der Waals surface area contributed by atoms with E-state index in [1.807, 2.05) is 0 Å². The zero-order valence-electron chi connectivity index (χ0n) is 12.5. The van der Waals surface area contributed by atoms with E-state index in [0.717, 1.165) is 12.4 Å². The smallest absolute Gasteiger partial charge is 0.276 e. The lowest BCUT2D eigenvalue weighted by Gasteiger charge is -2.28. The van der Waals surface area contributed by atoms with Crippen LogP contribution < -0.4 is 11.5 Å². The number of hydrogen-bond acceptors (Lipinski definition) is 5. The average molecular weight is 406 g/mol. The molecule has 8 nitrogen and oxygen atoms in total. The van der Waals surface area contributed by atoms with Gasteiger partial charge in [-0.25, -0.2) is 0 Å². The first-order chi connectivity index (χ1) is 11.5. The molecular weight excluding hydrogens is 393 g/mol. The van der Waals surface area contributed by atoms with Crippen LogP contribution in [0.25, 0.3) is 0 Å². The van der Waals surface area contributed by atoms with Gasteiger partial charge in [0.1, 0.15) is 5.25 Å². The molecule has 25 heavy (non-hydrogen) atoms. The van der Waals surface area contributed by atoms with Crippen molar-refractivity contribution in [2.75, 3.05) is 0 Å². The van der Waals surface area contributed by atoms with E-state index >= 15 is 0 Å². The van der Waals surface area contributed by atoms with Crippen molar-refractivity contribution >= 4 is 45.1 Å². The number of benzene rings is 1. The van der Waals surface area contributed by atoms with E-state index in [1.165, 1.54) is 4.90 Å². The van der Waals surface area contributed by atoms with Crippen molar-refractivity contribution in [3.63, 3.8) is 0 Å². The van der Waals surface area contributed by atoms with Crippen molar-refractivity contribution in [2.24, 2.45) is 11.5 Å². The van der Waals surface area contributed by atoms with Crippen LogP contribution in [-0.2, 0) is 26.3 Å². The summed E-state index contributed by atoms with van der Waals surface area (Å²) in [5.41, 5.74) is 9.83. The lowest BCUT2D eigenvalue weighted by molar-refractivity contribution is -0.115. The van der Waals surface area contributed by atoms with Gasteiger partial charge in [-0.3, -0.25) is 14.1 Å². The number of carbonyl (C=O) groups excluding carboxylic acids is 2. The quantitative estimate of drug-likeness (QED) is 0.617. The molecule has 0 aromatic heterocycles. The van der Waals surface area contributed by atoms with E-state index in [-0.39, 0.29) is 6.54 Å². The maximum absolute atomic E-state index is 11.6. The van der Waals surface area contributed by atoms with Crippen LogP contribution in [0.1, 0.15) is 5.56 Å². The summed E-state index contributed by atoms with van der Waals surface area (Å²) in [6.07, 6.45) is 2.18. The van der Waals surface area contributed by atoms with E-state index in [1.54, 1.807) is 18.2 Å². The molecule has 2 amide bonds. The second-order valence-corrected chi connectivity index (χ2v) is 7.48. The molecule has 0 atom stereocenters. The molecular formula is C14H13Cl2N3O5S. The zero-order chi connectivity index (χ0) is 18.9. The Labute approximate surface area is 153 Å². The van der Waals surface area contributed by atoms with Gasteiger partial charge in [-0.2, -0.15) is 8.42 Å². The fraction of sp³-hybridized carbons (Fsp3) is 0.143. The number of nitrogens with zero attached hydrogens (tertiary/aromatic N) is 1. The van der Waals surface area contributed by atoms with E-state index in [4.69, 9.17) is 34.7 Å². The van der Waals surface area contributed by atoms with Crippen LogP contribution in [0.15, 0.2) is 41.7 Å². The SMILES string of the molecule is NC(=O)C1=CN(Cc2c(Cl)cccc2Cl)C=C(C(N)=O)C1S(=O)(=O)O. The van der Waals surface area contributed by atoms with E-state index in [0.29, 0.717) is 15.6 Å². The lowest BCUT2D eigenvalue weighted by Crippen LogP contribution is -2.41. The van der Waals surface area contributed by atoms with Gasteiger partial charge in [-0.1, -0.05) is 29.3 Å². The van der Waals surface area contributed by atoms with Crippen molar-refractivity contribution in [3.8, 4) is 0 Å². The first-order valence-electron chi connectivity index (χ1n) is 6.70. The Morgan fingerprint density at radius 2 is 1.52 bits per heavy atom. The number of hydrogen-bond donors (Lipinski definition) is 3. The minimum atomic E-state index is -4.84. The Hall–Kier alpha value is -2.07. The Morgan fingerprint density at radius 1 is 1.08 bits per heavy atom. The summed E-state index contributed by atoms with van der Waals surface area (Å²) in [7, 11) is -4.84. The fourth-order valence-electron chi connectivity index (χ4n) is 2.36. The molecule has 0 radical (unpaired) electrons. The summed E-state index contributed by atoms with van der Waals surface area (Å²) in [6, 6.07) is 4.81. The predicted molar refractivity (Wildman–Crippen MR) is 91.9 cm³/mol. The van der Waals surface area contributed by atoms with Gasteiger partial charge >= 0.3 is 0 Å². The molecule has 1 heterocycles. The van der Waals surface area contributed by atoms with Crippen LogP contribution in [0.5, 0.6) is 0 Å². The molecule has 1 aromatic carbocycles. The number of carbonyl (C=O) groups is 2. The maximum atomic E-state index is 11.6. The number of amides is 2. The zero-order valence-corrected chi connectivity index (χ0v) is 14.8. The Kier molecular flexibility index (Phi) is 5.43. The molecule has 1 aliphatic heterocycles. The Bertz CT molecular complexity index is 859. The van der Waals surface area contributed by atoms with Gasteiger partial charge in [0.2, 0.25) is 11.8 Å². The highest BCUT2D eigenvalue weighted by Crippen LogP contribution is 2.30. The van der Waals surface area contributed by atoms with Crippen molar-refractivity contribution in [3.05, 3.63) is 57.4 Å². The monoisotopic (exact) mass is 405 g/mol. The summed E-state index contributed by atoms with van der Waals surface area (Å²) in [5, 5.41) is -1.31. The number of rotatable bonds is 5. The van der Waals surface area contributed by atoms with Crippen molar-refractivity contribution in [1.29, 1.82) is 0 Å². The Morgan fingerprint density at radius 3 is 1.88 bits per heavy atom. The second-order valence-electron chi connectivity index (χ2n) is 5.16. The normalized spacial score (nSPS) is 15.6. The predicted octanol–water partition coefficient (Wildman–Crippen LogP) is 0.804. The molecule has 2 rings (SSSR count). The van der Waals surface area contributed by atoms with Gasteiger partial charge in [-0.15, -0.1) is 0 Å². The molecule has 0 bridgehead atoms. The minimum Gasteiger partial charge on any atom is -0.366 e. The molecule has 5 N–H and O–H groups in total. The third-order valence-electron chi connectivity index (χ3n) is 3.44. The van der Waals surface area contributed by atoms with E-state index in [9.17, 15) is 22.6 Å². The van der Waals surface area contributed by atoms with Gasteiger partial charge in [-0.05, 0) is 12.1 Å². The van der Waals surface area contributed by atoms with Crippen molar-refractivity contribution in [1.82, 2.24) is 4.90 Å². The topological polar surface area (TPSA) is 144 Å². The highest BCUT2D eigenvalue weighted by atomic mass is 35.5. The van der Waals surface area contributed by atoms with Gasteiger partial charge in [0, 0.05) is 34.6 Å². The molecule has 0 aliphatic carbocycles. The molecule has 0 saturated heterocycles. The molecule has 1 aliphatic rings. The van der Waals surface area contributed by atoms with Crippen LogP contribution in [0.3, 0.4) is 0 Å². The fourth-order valence-corrected chi connectivity index (χ4v) is 3.87. The van der Waals surface area contributed by atoms with E-state index in [2.05, 4.69) is 0 Å². The van der Waals surface area contributed by atoms with Crippen LogP contribution in [-0.4, -0.2) is 34.9 Å². The molecule has 0 spiro atoms. The third-order valence-corrected chi connectivity index (χ3v) is 5.26. The highest BCUT2D eigenvalue weighted by Gasteiger charge is 2.39. The second kappa shape index (κ2) is 7.04. The van der Waals surface area contributed by atoms with Gasteiger partial charge < -0.3 is 16.4 Å². The summed E-state index contributed by atoms with van der Waals surface area (Å²) in [5.74, 6) is -2.27. The molecule has 1 aromatic rings. The third kappa shape index (κ3) is 4.13. The van der Waals surface area contributed by atoms with Crippen LogP contribution in [0.2, 0.25) is 10.0 Å². The Balaban J connectivity index is 2.55. The van der Waals surface area contributed by atoms with Gasteiger partial charge in [0.25, 0.3) is 10.1 Å². The number of halogens is 2. The summed E-state index contributed by atoms with van der Waals surface area (Å²) in [6.45, 7) is 0.00423. The largest absolute Gasteiger partial charge is 0.366 e. The van der Waals surface area contributed by atoms with Crippen LogP contribution >= 0.6 is 23.2 Å². The van der Waals surface area contributed by atoms with Crippen molar-refractivity contribution < 1.29 is 22.6 Å². The van der Waals surface area contributed by atoms with E-state index < -0.39 is 38.3 Å². The average Bonchev–Trinajstić information content (AvgIpc) is 2.49. The lowest BCUT2D eigenvalue weighted by atomic mass is 10.0. The van der Waals surface area contributed by atoms with Gasteiger partial charge in [0.05, 0.1) is 11.1 Å². The highest BCUT2D eigenvalue weighted by molar-refractivity contribution is 7.87. The van der Waals surface area contributed by atoms with Crippen LogP contribution in [0.4, 0.5) is 0 Å². The van der Waals surface area contributed by atoms with Gasteiger partial charge in [0.15, 0.2) is 0 Å². The number of nitrogens with two attached hydrogens (primary N) is 2. The summed E-state index contributed by atoms with van der Waals surface area (Å²) < 4.78 is 32.5. The summed E-state index contributed by atoms with van der Waals surface area (Å²) >= 11 is 12.2. The molecule has 134 valence electrons. The van der Waals surface area contributed by atoms with Crippen molar-refractivity contribution in [2.45, 2.75) is 11.8 Å². The molecule has 0 unspecified atom stereocenters. The first-order valence-corrected chi connectivity index (χ1v) is 8.96. The molecule has 0 saturated carbocycles. The number of primary amides is 2. The molecule has 11 heteroatoms. The van der Waals surface area contributed by atoms with Crippen LogP contribution in [0, 0.1) is 0 Å².